The number of terminal acetylenes is 1. The molecule has 0 spiro atoms. The second kappa shape index (κ2) is 7.97. The lowest BCUT2D eigenvalue weighted by Gasteiger charge is -2.53. The Morgan fingerprint density at radius 1 is 1.20 bits per heavy atom. The summed E-state index contributed by atoms with van der Waals surface area (Å²) >= 11 is 0. The van der Waals surface area contributed by atoms with Crippen molar-refractivity contribution in [2.24, 2.45) is 40.9 Å². The third-order valence-electron chi connectivity index (χ3n) is 9.99. The molecule has 3 saturated carbocycles. The molecule has 0 heterocycles. The SMILES string of the molecule is C#C[C@]1(O)CC[C@@]2(C)C(=CCC3C2CC[C@@H]2C[C@H]3CC[C@@H]2C(C)CCC(C)(C)O)C1. The van der Waals surface area contributed by atoms with E-state index in [4.69, 9.17) is 6.42 Å². The van der Waals surface area contributed by atoms with E-state index in [1.54, 1.807) is 0 Å². The zero-order chi connectivity index (χ0) is 21.7. The maximum Gasteiger partial charge on any atom is 0.128 e. The minimum Gasteiger partial charge on any atom is -0.390 e. The lowest BCUT2D eigenvalue weighted by atomic mass is 9.52. The predicted molar refractivity (Wildman–Crippen MR) is 124 cm³/mol. The van der Waals surface area contributed by atoms with E-state index in [9.17, 15) is 10.2 Å². The number of fused-ring (bicyclic) bond motifs is 6. The lowest BCUT2D eigenvalue weighted by Crippen LogP contribution is -2.47. The van der Waals surface area contributed by atoms with Crippen LogP contribution in [0.2, 0.25) is 0 Å². The summed E-state index contributed by atoms with van der Waals surface area (Å²) in [7, 11) is 0. The molecule has 0 aromatic carbocycles. The standard InChI is InChI=1S/C28H44O2/c1-6-28(30)16-15-27(5)22(18-28)9-11-24-21-7-10-23(19(2)13-14-26(3,4)29)20(17-21)8-12-25(24)27/h1,9,19-21,23-25,29-30H,7-8,10-18H2,2-5H3/t19?,20-,21-,23-,24?,25?,27+,28+/m1/s1. The zero-order valence-corrected chi connectivity index (χ0v) is 19.8. The molecule has 168 valence electrons. The van der Waals surface area contributed by atoms with E-state index < -0.39 is 11.2 Å². The van der Waals surface area contributed by atoms with Gasteiger partial charge in [-0.1, -0.05) is 31.4 Å². The summed E-state index contributed by atoms with van der Waals surface area (Å²) in [5.41, 5.74) is 0.245. The van der Waals surface area contributed by atoms with Gasteiger partial charge in [-0.15, -0.1) is 6.42 Å². The molecule has 0 saturated heterocycles. The van der Waals surface area contributed by atoms with Gasteiger partial charge in [0.1, 0.15) is 5.60 Å². The molecule has 8 atom stereocenters. The number of hydrogen-bond donors (Lipinski definition) is 2. The molecule has 3 unspecified atom stereocenters. The first-order valence-electron chi connectivity index (χ1n) is 12.7. The maximum atomic E-state index is 10.7. The lowest BCUT2D eigenvalue weighted by molar-refractivity contribution is 0.000220. The first kappa shape index (κ1) is 22.4. The van der Waals surface area contributed by atoms with Crippen LogP contribution in [0.15, 0.2) is 11.6 Å². The van der Waals surface area contributed by atoms with E-state index in [1.165, 1.54) is 44.1 Å². The van der Waals surface area contributed by atoms with Crippen molar-refractivity contribution in [1.82, 2.24) is 0 Å². The minimum absolute atomic E-state index is 0.242. The third-order valence-corrected chi connectivity index (χ3v) is 9.99. The van der Waals surface area contributed by atoms with Gasteiger partial charge in [0.15, 0.2) is 0 Å². The fourth-order valence-corrected chi connectivity index (χ4v) is 8.04. The molecule has 0 radical (unpaired) electrons. The average molecular weight is 413 g/mol. The number of aliphatic hydroxyl groups is 2. The van der Waals surface area contributed by atoms with Gasteiger partial charge in [0.25, 0.3) is 0 Å². The van der Waals surface area contributed by atoms with Gasteiger partial charge in [-0.25, -0.2) is 0 Å². The van der Waals surface area contributed by atoms with Crippen molar-refractivity contribution in [3.05, 3.63) is 11.6 Å². The highest BCUT2D eigenvalue weighted by molar-refractivity contribution is 5.29. The topological polar surface area (TPSA) is 40.5 Å². The molecule has 3 fully saturated rings. The van der Waals surface area contributed by atoms with Crippen LogP contribution in [-0.2, 0) is 0 Å². The van der Waals surface area contributed by atoms with Crippen LogP contribution in [0.5, 0.6) is 0 Å². The molecule has 0 aliphatic heterocycles. The van der Waals surface area contributed by atoms with Crippen molar-refractivity contribution in [2.75, 3.05) is 0 Å². The largest absolute Gasteiger partial charge is 0.390 e. The fraction of sp³-hybridized carbons (Fsp3) is 0.857. The summed E-state index contributed by atoms with van der Waals surface area (Å²) in [6.45, 7) is 8.83. The average Bonchev–Trinajstić information content (AvgIpc) is 2.84. The van der Waals surface area contributed by atoms with Gasteiger partial charge in [0.05, 0.1) is 5.60 Å². The van der Waals surface area contributed by atoms with E-state index in [2.05, 4.69) is 25.8 Å². The highest BCUT2D eigenvalue weighted by Gasteiger charge is 2.53. The summed E-state index contributed by atoms with van der Waals surface area (Å²) in [5, 5.41) is 20.9. The summed E-state index contributed by atoms with van der Waals surface area (Å²) in [6.07, 6.45) is 20.8. The van der Waals surface area contributed by atoms with Crippen LogP contribution in [0.3, 0.4) is 0 Å². The molecule has 4 aliphatic rings. The summed E-state index contributed by atoms with van der Waals surface area (Å²) < 4.78 is 0. The van der Waals surface area contributed by atoms with Crippen molar-refractivity contribution >= 4 is 0 Å². The van der Waals surface area contributed by atoms with E-state index in [-0.39, 0.29) is 5.41 Å². The van der Waals surface area contributed by atoms with Crippen LogP contribution in [0.1, 0.15) is 98.3 Å². The Morgan fingerprint density at radius 3 is 2.63 bits per heavy atom. The molecule has 4 rings (SSSR count). The molecule has 30 heavy (non-hydrogen) atoms. The quantitative estimate of drug-likeness (QED) is 0.431. The van der Waals surface area contributed by atoms with Gasteiger partial charge in [-0.3, -0.25) is 0 Å². The Morgan fingerprint density at radius 2 is 1.93 bits per heavy atom. The van der Waals surface area contributed by atoms with Crippen molar-refractivity contribution in [3.63, 3.8) is 0 Å². The second-order valence-corrected chi connectivity index (χ2v) is 12.4. The Kier molecular flexibility index (Phi) is 5.95. The molecule has 4 aliphatic carbocycles. The highest BCUT2D eigenvalue weighted by atomic mass is 16.3. The van der Waals surface area contributed by atoms with Gasteiger partial charge < -0.3 is 10.2 Å². The Balaban J connectivity index is 1.49. The molecular weight excluding hydrogens is 368 g/mol. The number of hydrogen-bond acceptors (Lipinski definition) is 2. The van der Waals surface area contributed by atoms with E-state index in [0.29, 0.717) is 12.3 Å². The van der Waals surface area contributed by atoms with Gasteiger partial charge in [-0.2, -0.15) is 0 Å². The van der Waals surface area contributed by atoms with Crippen LogP contribution >= 0.6 is 0 Å². The zero-order valence-electron chi connectivity index (χ0n) is 19.8. The normalized spacial score (nSPS) is 44.7. The molecular formula is C28H44O2. The maximum absolute atomic E-state index is 10.7. The molecule has 0 amide bonds. The molecule has 0 aromatic rings. The van der Waals surface area contributed by atoms with Gasteiger partial charge in [0.2, 0.25) is 0 Å². The predicted octanol–water partition coefficient (Wildman–Crippen LogP) is 6.12. The molecule has 0 aromatic heterocycles. The summed E-state index contributed by atoms with van der Waals surface area (Å²) in [6, 6.07) is 0. The van der Waals surface area contributed by atoms with Crippen molar-refractivity contribution in [3.8, 4) is 12.3 Å². The van der Waals surface area contributed by atoms with Crippen LogP contribution < -0.4 is 0 Å². The van der Waals surface area contributed by atoms with Crippen LogP contribution in [0.25, 0.3) is 0 Å². The highest BCUT2D eigenvalue weighted by Crippen LogP contribution is 2.61. The summed E-state index contributed by atoms with van der Waals surface area (Å²) in [5.74, 6) is 7.57. The Labute approximate surface area is 184 Å². The van der Waals surface area contributed by atoms with Gasteiger partial charge in [0, 0.05) is 6.42 Å². The fourth-order valence-electron chi connectivity index (χ4n) is 8.04. The van der Waals surface area contributed by atoms with Crippen LogP contribution in [0.4, 0.5) is 0 Å². The van der Waals surface area contributed by atoms with E-state index >= 15 is 0 Å². The van der Waals surface area contributed by atoms with E-state index in [1.807, 2.05) is 13.8 Å². The Hall–Kier alpha value is -0.780. The second-order valence-electron chi connectivity index (χ2n) is 12.4. The number of allylic oxidation sites excluding steroid dienone is 1. The van der Waals surface area contributed by atoms with E-state index in [0.717, 1.165) is 55.3 Å². The first-order valence-corrected chi connectivity index (χ1v) is 12.7. The molecule has 2 bridgehead atoms. The van der Waals surface area contributed by atoms with Crippen molar-refractivity contribution in [2.45, 2.75) is 110 Å². The van der Waals surface area contributed by atoms with Crippen molar-refractivity contribution in [1.29, 1.82) is 0 Å². The van der Waals surface area contributed by atoms with Crippen LogP contribution in [-0.4, -0.2) is 21.4 Å². The monoisotopic (exact) mass is 412 g/mol. The first-order chi connectivity index (χ1) is 14.0. The number of rotatable bonds is 4. The third kappa shape index (κ3) is 4.14. The summed E-state index contributed by atoms with van der Waals surface area (Å²) in [4.78, 5) is 0. The smallest absolute Gasteiger partial charge is 0.128 e. The van der Waals surface area contributed by atoms with Crippen LogP contribution in [0, 0.1) is 53.3 Å². The molecule has 2 heteroatoms. The minimum atomic E-state index is -0.917. The van der Waals surface area contributed by atoms with Gasteiger partial charge >= 0.3 is 0 Å². The molecule has 2 N–H and O–H groups in total. The van der Waals surface area contributed by atoms with Crippen molar-refractivity contribution < 1.29 is 10.2 Å². The van der Waals surface area contributed by atoms with Gasteiger partial charge in [-0.05, 0) is 119 Å². The Bertz CT molecular complexity index is 709. The molecule has 2 nitrogen and oxygen atoms in total.